The first-order valence-electron chi connectivity index (χ1n) is 13.1. The zero-order valence-corrected chi connectivity index (χ0v) is 21.6. The van der Waals surface area contributed by atoms with Gasteiger partial charge in [-0.05, 0) is 53.6 Å². The molecule has 6 heteroatoms. The summed E-state index contributed by atoms with van der Waals surface area (Å²) in [7, 11) is 1.55. The Morgan fingerprint density at radius 1 is 0.850 bits per heavy atom. The SMILES string of the molecule is COc1cccc([C@@H]2[C@H](C(=O)c3ccc(F)cc3)N3c4ccccc4C=C[C@@H]3C23C(=O)c2ccccc2C3=O)c1. The lowest BCUT2D eigenvalue weighted by molar-refractivity contribution is 0.0665. The van der Waals surface area contributed by atoms with Gasteiger partial charge in [0.05, 0.1) is 13.2 Å². The van der Waals surface area contributed by atoms with Crippen molar-refractivity contribution in [2.45, 2.75) is 18.0 Å². The van der Waals surface area contributed by atoms with Gasteiger partial charge in [-0.25, -0.2) is 4.39 Å². The average molecular weight is 530 g/mol. The first-order chi connectivity index (χ1) is 19.5. The number of anilines is 1. The Morgan fingerprint density at radius 2 is 1.52 bits per heavy atom. The van der Waals surface area contributed by atoms with Crippen molar-refractivity contribution in [3.8, 4) is 5.75 Å². The fraction of sp³-hybridized carbons (Fsp3) is 0.147. The van der Waals surface area contributed by atoms with Crippen molar-refractivity contribution in [2.24, 2.45) is 5.41 Å². The molecule has 7 rings (SSSR count). The molecule has 0 radical (unpaired) electrons. The van der Waals surface area contributed by atoms with Crippen molar-refractivity contribution >= 4 is 29.1 Å². The molecular formula is C34H24FNO4. The number of Topliss-reactive ketones (excluding diaryl/α,β-unsaturated/α-hetero) is 3. The quantitative estimate of drug-likeness (QED) is 0.234. The van der Waals surface area contributed by atoms with E-state index in [9.17, 15) is 18.8 Å². The highest BCUT2D eigenvalue weighted by molar-refractivity contribution is 6.32. The largest absolute Gasteiger partial charge is 0.497 e. The van der Waals surface area contributed by atoms with Crippen LogP contribution in [0.3, 0.4) is 0 Å². The fourth-order valence-corrected chi connectivity index (χ4v) is 6.91. The summed E-state index contributed by atoms with van der Waals surface area (Å²) in [6, 6.07) is 25.5. The van der Waals surface area contributed by atoms with Crippen LogP contribution in [0.2, 0.25) is 0 Å². The number of nitrogens with zero attached hydrogens (tertiary/aromatic N) is 1. The maximum atomic E-state index is 14.6. The topological polar surface area (TPSA) is 63.7 Å². The van der Waals surface area contributed by atoms with Crippen LogP contribution in [-0.2, 0) is 0 Å². The Labute approximate surface area is 230 Å². The third kappa shape index (κ3) is 3.16. The third-order valence-corrected chi connectivity index (χ3v) is 8.56. The number of hydrogen-bond acceptors (Lipinski definition) is 5. The fourth-order valence-electron chi connectivity index (χ4n) is 6.91. The summed E-state index contributed by atoms with van der Waals surface area (Å²) in [6.07, 6.45) is 3.81. The van der Waals surface area contributed by atoms with E-state index in [2.05, 4.69) is 0 Å². The minimum atomic E-state index is -1.60. The first kappa shape index (κ1) is 24.2. The van der Waals surface area contributed by atoms with Gasteiger partial charge in [0.2, 0.25) is 0 Å². The maximum absolute atomic E-state index is 14.6. The second-order valence-electron chi connectivity index (χ2n) is 10.4. The molecule has 2 heterocycles. The monoisotopic (exact) mass is 529 g/mol. The second kappa shape index (κ2) is 8.85. The number of ketones is 3. The van der Waals surface area contributed by atoms with E-state index in [4.69, 9.17) is 4.74 Å². The molecule has 1 aliphatic carbocycles. The number of carbonyl (C=O) groups is 3. The molecule has 1 fully saturated rings. The molecule has 0 N–H and O–H groups in total. The number of fused-ring (bicyclic) bond motifs is 5. The summed E-state index contributed by atoms with van der Waals surface area (Å²) in [4.78, 5) is 45.7. The summed E-state index contributed by atoms with van der Waals surface area (Å²) in [5, 5.41) is 0. The van der Waals surface area contributed by atoms with E-state index in [0.717, 1.165) is 11.3 Å². The van der Waals surface area contributed by atoms with Crippen molar-refractivity contribution in [1.29, 1.82) is 0 Å². The van der Waals surface area contributed by atoms with E-state index < -0.39 is 29.2 Å². The van der Waals surface area contributed by atoms with E-state index in [0.29, 0.717) is 28.0 Å². The van der Waals surface area contributed by atoms with Gasteiger partial charge in [0.1, 0.15) is 23.0 Å². The Bertz CT molecular complexity index is 1710. The molecule has 5 nitrogen and oxygen atoms in total. The van der Waals surface area contributed by atoms with Crippen molar-refractivity contribution in [1.82, 2.24) is 0 Å². The Balaban J connectivity index is 1.55. The van der Waals surface area contributed by atoms with Crippen LogP contribution in [0.25, 0.3) is 6.08 Å². The third-order valence-electron chi connectivity index (χ3n) is 8.56. The Kier molecular flexibility index (Phi) is 5.36. The van der Waals surface area contributed by atoms with Gasteiger partial charge in [0.15, 0.2) is 17.3 Å². The molecule has 0 aromatic heterocycles. The van der Waals surface area contributed by atoms with Gasteiger partial charge < -0.3 is 9.64 Å². The standard InChI is InChI=1S/C34H24FNO4/c1-40-24-9-6-8-22(19-24)29-30(31(37)21-13-16-23(35)17-14-21)36-27-12-5-2-7-20(27)15-18-28(36)34(29)32(38)25-10-3-4-11-26(25)33(34)39/h2-19,28-30H,1H3/t28-,29-,30-/m1/s1. The first-order valence-corrected chi connectivity index (χ1v) is 13.1. The predicted octanol–water partition coefficient (Wildman–Crippen LogP) is 6.15. The average Bonchev–Trinajstić information content (AvgIpc) is 3.43. The lowest BCUT2D eigenvalue weighted by Crippen LogP contribution is -2.48. The number of benzene rings is 4. The smallest absolute Gasteiger partial charge is 0.185 e. The number of methoxy groups -OCH3 is 1. The molecule has 1 saturated heterocycles. The molecular weight excluding hydrogens is 505 g/mol. The van der Waals surface area contributed by atoms with Gasteiger partial charge in [0.25, 0.3) is 0 Å². The van der Waals surface area contributed by atoms with E-state index >= 15 is 0 Å². The number of halogens is 1. The molecule has 3 aliphatic rings. The van der Waals surface area contributed by atoms with Crippen LogP contribution in [-0.4, -0.2) is 36.5 Å². The van der Waals surface area contributed by atoms with E-state index in [1.54, 1.807) is 49.6 Å². The molecule has 40 heavy (non-hydrogen) atoms. The van der Waals surface area contributed by atoms with Gasteiger partial charge >= 0.3 is 0 Å². The summed E-state index contributed by atoms with van der Waals surface area (Å²) < 4.78 is 19.4. The maximum Gasteiger partial charge on any atom is 0.185 e. The molecule has 3 atom stereocenters. The minimum absolute atomic E-state index is 0.295. The molecule has 0 unspecified atom stereocenters. The summed E-state index contributed by atoms with van der Waals surface area (Å²) in [5.74, 6) is -1.64. The Hall–Kier alpha value is -4.84. The molecule has 4 aromatic carbocycles. The molecule has 4 aromatic rings. The van der Waals surface area contributed by atoms with Crippen molar-refractivity contribution in [3.63, 3.8) is 0 Å². The van der Waals surface area contributed by atoms with Crippen LogP contribution in [0.4, 0.5) is 10.1 Å². The van der Waals surface area contributed by atoms with E-state index in [1.807, 2.05) is 47.4 Å². The molecule has 0 amide bonds. The van der Waals surface area contributed by atoms with Crippen LogP contribution < -0.4 is 9.64 Å². The molecule has 2 aliphatic heterocycles. The number of rotatable bonds is 4. The van der Waals surface area contributed by atoms with Crippen LogP contribution in [0.1, 0.15) is 48.1 Å². The van der Waals surface area contributed by atoms with Crippen molar-refractivity contribution in [3.05, 3.63) is 137 Å². The number of carbonyl (C=O) groups excluding carboxylic acids is 3. The number of ether oxygens (including phenoxy) is 1. The van der Waals surface area contributed by atoms with E-state index in [-0.39, 0.29) is 17.3 Å². The molecule has 1 spiro atoms. The van der Waals surface area contributed by atoms with Crippen molar-refractivity contribution in [2.75, 3.05) is 12.0 Å². The molecule has 0 saturated carbocycles. The van der Waals surface area contributed by atoms with Crippen LogP contribution in [0.5, 0.6) is 5.75 Å². The van der Waals surface area contributed by atoms with Gasteiger partial charge in [-0.3, -0.25) is 14.4 Å². The van der Waals surface area contributed by atoms with Gasteiger partial charge in [0, 0.05) is 28.3 Å². The normalized spacial score (nSPS) is 21.8. The van der Waals surface area contributed by atoms with Crippen LogP contribution in [0.15, 0.2) is 103 Å². The minimum Gasteiger partial charge on any atom is -0.497 e. The summed E-state index contributed by atoms with van der Waals surface area (Å²) >= 11 is 0. The van der Waals surface area contributed by atoms with Gasteiger partial charge in [-0.1, -0.05) is 66.7 Å². The van der Waals surface area contributed by atoms with E-state index in [1.165, 1.54) is 24.3 Å². The molecule has 0 bridgehead atoms. The van der Waals surface area contributed by atoms with Gasteiger partial charge in [-0.2, -0.15) is 0 Å². The zero-order chi connectivity index (χ0) is 27.6. The summed E-state index contributed by atoms with van der Waals surface area (Å²) in [6.45, 7) is 0. The number of para-hydroxylation sites is 1. The number of hydrogen-bond donors (Lipinski definition) is 0. The summed E-state index contributed by atoms with van der Waals surface area (Å²) in [5.41, 5.74) is 1.72. The van der Waals surface area contributed by atoms with Crippen LogP contribution in [0, 0.1) is 11.2 Å². The van der Waals surface area contributed by atoms with Crippen molar-refractivity contribution < 1.29 is 23.5 Å². The molecule has 196 valence electrons. The lowest BCUT2D eigenvalue weighted by atomic mass is 9.64. The Morgan fingerprint density at radius 3 is 2.23 bits per heavy atom. The highest BCUT2D eigenvalue weighted by atomic mass is 19.1. The highest BCUT2D eigenvalue weighted by Gasteiger charge is 2.71. The highest BCUT2D eigenvalue weighted by Crippen LogP contribution is 2.61. The predicted molar refractivity (Wildman–Crippen MR) is 150 cm³/mol. The van der Waals surface area contributed by atoms with Crippen LogP contribution >= 0.6 is 0 Å². The lowest BCUT2D eigenvalue weighted by Gasteiger charge is -2.37. The second-order valence-corrected chi connectivity index (χ2v) is 10.4. The zero-order valence-electron chi connectivity index (χ0n) is 21.6. The van der Waals surface area contributed by atoms with Gasteiger partial charge in [-0.15, -0.1) is 0 Å².